The summed E-state index contributed by atoms with van der Waals surface area (Å²) in [7, 11) is 1.26. The van der Waals surface area contributed by atoms with E-state index in [-0.39, 0.29) is 60.8 Å². The SMILES string of the molecule is CCOC(=O)C1=C(COCCOCCNC(=O)OC(C)(C)C)NC(C)=C(C(=O)OC)C1c1cccc(Cl)c1Cl. The summed E-state index contributed by atoms with van der Waals surface area (Å²) in [6.07, 6.45) is -0.520. The van der Waals surface area contributed by atoms with E-state index in [1.165, 1.54) is 7.11 Å². The number of rotatable bonds is 12. The topological polar surface area (TPSA) is 121 Å². The molecule has 0 bridgehead atoms. The maximum atomic E-state index is 13.2. The van der Waals surface area contributed by atoms with E-state index >= 15 is 0 Å². The van der Waals surface area contributed by atoms with Gasteiger partial charge in [0, 0.05) is 12.2 Å². The van der Waals surface area contributed by atoms with E-state index in [1.807, 2.05) is 0 Å². The molecule has 1 heterocycles. The first-order valence-corrected chi connectivity index (χ1v) is 13.2. The molecule has 0 spiro atoms. The second-order valence-electron chi connectivity index (χ2n) is 9.44. The minimum absolute atomic E-state index is 0.00581. The average molecular weight is 587 g/mol. The fourth-order valence-electron chi connectivity index (χ4n) is 3.83. The van der Waals surface area contributed by atoms with E-state index in [0.717, 1.165) is 0 Å². The number of nitrogens with one attached hydrogen (secondary N) is 2. The standard InChI is InChI=1S/C27H36Cl2N2O8/c1-7-38-25(33)22-19(15-37-14-13-36-12-11-30-26(34)39-27(3,4)5)31-16(2)20(24(32)35-6)21(22)17-9-8-10-18(28)23(17)29/h8-10,21,31H,7,11-15H2,1-6H3,(H,30,34). The van der Waals surface area contributed by atoms with Crippen molar-refractivity contribution >= 4 is 41.2 Å². The molecule has 1 aliphatic heterocycles. The molecular formula is C27H36Cl2N2O8. The predicted molar refractivity (Wildman–Crippen MR) is 147 cm³/mol. The van der Waals surface area contributed by atoms with Crippen LogP contribution in [0.15, 0.2) is 40.7 Å². The van der Waals surface area contributed by atoms with E-state index in [4.69, 9.17) is 46.9 Å². The molecule has 12 heteroatoms. The lowest BCUT2D eigenvalue weighted by Crippen LogP contribution is -2.35. The number of benzene rings is 1. The van der Waals surface area contributed by atoms with Crippen molar-refractivity contribution in [2.24, 2.45) is 0 Å². The minimum Gasteiger partial charge on any atom is -0.466 e. The number of halogens is 2. The molecule has 2 rings (SSSR count). The summed E-state index contributed by atoms with van der Waals surface area (Å²) in [5.74, 6) is -2.17. The molecule has 10 nitrogen and oxygen atoms in total. The Morgan fingerprint density at radius 3 is 2.36 bits per heavy atom. The molecule has 1 amide bonds. The minimum atomic E-state index is -0.905. The van der Waals surface area contributed by atoms with E-state index in [2.05, 4.69) is 10.6 Å². The van der Waals surface area contributed by atoms with E-state index in [9.17, 15) is 14.4 Å². The second-order valence-corrected chi connectivity index (χ2v) is 10.2. The van der Waals surface area contributed by atoms with Crippen molar-refractivity contribution in [2.75, 3.05) is 46.7 Å². The third-order valence-electron chi connectivity index (χ3n) is 5.37. The van der Waals surface area contributed by atoms with Crippen LogP contribution in [0.5, 0.6) is 0 Å². The number of esters is 2. The summed E-state index contributed by atoms with van der Waals surface area (Å²) in [6.45, 7) is 9.81. The molecule has 0 radical (unpaired) electrons. The van der Waals surface area contributed by atoms with E-state index in [1.54, 1.807) is 52.8 Å². The molecule has 1 aliphatic rings. The lowest BCUT2D eigenvalue weighted by Gasteiger charge is -2.31. The van der Waals surface area contributed by atoms with Gasteiger partial charge in [-0.3, -0.25) is 0 Å². The molecule has 0 saturated carbocycles. The van der Waals surface area contributed by atoms with Crippen LogP contribution in [-0.4, -0.2) is 70.3 Å². The van der Waals surface area contributed by atoms with Gasteiger partial charge in [0.15, 0.2) is 0 Å². The van der Waals surface area contributed by atoms with Gasteiger partial charge in [-0.1, -0.05) is 35.3 Å². The molecule has 1 aromatic rings. The molecular weight excluding hydrogens is 551 g/mol. The molecule has 1 aromatic carbocycles. The fourth-order valence-corrected chi connectivity index (χ4v) is 4.25. The second kappa shape index (κ2) is 15.1. The van der Waals surface area contributed by atoms with Crippen LogP contribution in [0.3, 0.4) is 0 Å². The van der Waals surface area contributed by atoms with Crippen LogP contribution in [-0.2, 0) is 33.3 Å². The highest BCUT2D eigenvalue weighted by molar-refractivity contribution is 6.42. The van der Waals surface area contributed by atoms with Crippen molar-refractivity contribution in [1.82, 2.24) is 10.6 Å². The van der Waals surface area contributed by atoms with Crippen molar-refractivity contribution in [2.45, 2.75) is 46.1 Å². The van der Waals surface area contributed by atoms with Gasteiger partial charge in [0.2, 0.25) is 0 Å². The van der Waals surface area contributed by atoms with Crippen LogP contribution in [0.2, 0.25) is 10.0 Å². The van der Waals surface area contributed by atoms with Crippen LogP contribution in [0.1, 0.15) is 46.1 Å². The lowest BCUT2D eigenvalue weighted by atomic mass is 9.80. The number of allylic oxidation sites excluding steroid dienone is 1. The van der Waals surface area contributed by atoms with Gasteiger partial charge < -0.3 is 34.3 Å². The van der Waals surface area contributed by atoms with Gasteiger partial charge in [0.1, 0.15) is 5.60 Å². The number of alkyl carbamates (subject to hydrolysis) is 1. The molecule has 39 heavy (non-hydrogen) atoms. The quantitative estimate of drug-likeness (QED) is 0.207. The maximum Gasteiger partial charge on any atom is 0.407 e. The Labute approximate surface area is 238 Å². The maximum absolute atomic E-state index is 13.2. The number of dihydropyridines is 1. The third-order valence-corrected chi connectivity index (χ3v) is 6.20. The Bertz CT molecular complexity index is 1110. The van der Waals surface area contributed by atoms with Gasteiger partial charge >= 0.3 is 18.0 Å². The van der Waals surface area contributed by atoms with Crippen LogP contribution in [0.4, 0.5) is 4.79 Å². The van der Waals surface area contributed by atoms with E-state index in [0.29, 0.717) is 17.0 Å². The number of hydrogen-bond acceptors (Lipinski definition) is 9. The molecule has 2 N–H and O–H groups in total. The summed E-state index contributed by atoms with van der Waals surface area (Å²) < 4.78 is 26.8. The lowest BCUT2D eigenvalue weighted by molar-refractivity contribution is -0.139. The highest BCUT2D eigenvalue weighted by Crippen LogP contribution is 2.43. The molecule has 1 atom stereocenters. The van der Waals surface area contributed by atoms with Gasteiger partial charge in [-0.05, 0) is 46.2 Å². The number of ether oxygens (including phenoxy) is 5. The van der Waals surface area contributed by atoms with Crippen LogP contribution >= 0.6 is 23.2 Å². The summed E-state index contributed by atoms with van der Waals surface area (Å²) in [5.41, 5.74) is 1.12. The zero-order chi connectivity index (χ0) is 29.2. The van der Waals surface area contributed by atoms with Gasteiger partial charge in [-0.25, -0.2) is 14.4 Å². The number of hydrogen-bond donors (Lipinski definition) is 2. The molecule has 0 fully saturated rings. The number of amides is 1. The number of carbonyl (C=O) groups is 3. The van der Waals surface area contributed by atoms with Crippen LogP contribution < -0.4 is 10.6 Å². The smallest absolute Gasteiger partial charge is 0.407 e. The molecule has 0 aromatic heterocycles. The van der Waals surface area contributed by atoms with Crippen LogP contribution in [0.25, 0.3) is 0 Å². The molecule has 0 aliphatic carbocycles. The Hall–Kier alpha value is -2.79. The first kappa shape index (κ1) is 32.4. The summed E-state index contributed by atoms with van der Waals surface area (Å²) in [6, 6.07) is 4.99. The summed E-state index contributed by atoms with van der Waals surface area (Å²) >= 11 is 12.8. The third kappa shape index (κ3) is 9.42. The van der Waals surface area contributed by atoms with Crippen molar-refractivity contribution in [3.8, 4) is 0 Å². The normalized spacial score (nSPS) is 15.5. The van der Waals surface area contributed by atoms with Gasteiger partial charge in [-0.2, -0.15) is 0 Å². The van der Waals surface area contributed by atoms with Crippen molar-refractivity contribution in [3.63, 3.8) is 0 Å². The predicted octanol–water partition coefficient (Wildman–Crippen LogP) is 4.50. The molecule has 0 saturated heterocycles. The molecule has 1 unspecified atom stereocenters. The summed E-state index contributed by atoms with van der Waals surface area (Å²) in [4.78, 5) is 37.7. The fraction of sp³-hybridized carbons (Fsp3) is 0.519. The van der Waals surface area contributed by atoms with Gasteiger partial charge in [0.25, 0.3) is 0 Å². The average Bonchev–Trinajstić information content (AvgIpc) is 2.85. The molecule has 216 valence electrons. The Morgan fingerprint density at radius 1 is 1.03 bits per heavy atom. The van der Waals surface area contributed by atoms with Crippen molar-refractivity contribution < 1.29 is 38.1 Å². The zero-order valence-electron chi connectivity index (χ0n) is 23.1. The van der Waals surface area contributed by atoms with Crippen molar-refractivity contribution in [3.05, 3.63) is 56.3 Å². The first-order chi connectivity index (χ1) is 18.4. The Balaban J connectivity index is 2.16. The monoisotopic (exact) mass is 586 g/mol. The van der Waals surface area contributed by atoms with Gasteiger partial charge in [0.05, 0.1) is 73.0 Å². The number of carbonyl (C=O) groups excluding carboxylic acids is 3. The van der Waals surface area contributed by atoms with Crippen molar-refractivity contribution in [1.29, 1.82) is 0 Å². The van der Waals surface area contributed by atoms with E-state index < -0.39 is 29.6 Å². The Kier molecular flexibility index (Phi) is 12.6. The number of methoxy groups -OCH3 is 1. The highest BCUT2D eigenvalue weighted by atomic mass is 35.5. The first-order valence-electron chi connectivity index (χ1n) is 12.4. The zero-order valence-corrected chi connectivity index (χ0v) is 24.6. The van der Waals surface area contributed by atoms with Crippen LogP contribution in [0, 0.1) is 0 Å². The summed E-state index contributed by atoms with van der Waals surface area (Å²) in [5, 5.41) is 6.18. The highest BCUT2D eigenvalue weighted by Gasteiger charge is 2.40. The largest absolute Gasteiger partial charge is 0.466 e. The van der Waals surface area contributed by atoms with Gasteiger partial charge in [-0.15, -0.1) is 0 Å². The Morgan fingerprint density at radius 2 is 1.72 bits per heavy atom.